The number of nitrogens with zero attached hydrogens (tertiary/aromatic N) is 2. The Morgan fingerprint density at radius 2 is 2.12 bits per heavy atom. The fourth-order valence-electron chi connectivity index (χ4n) is 0.819. The molecule has 2 N–H and O–H groups in total. The third kappa shape index (κ3) is 3.91. The Hall–Kier alpha value is -1.25. The van der Waals surface area contributed by atoms with Crippen molar-refractivity contribution in [1.29, 1.82) is 0 Å². The summed E-state index contributed by atoms with van der Waals surface area (Å²) in [5.41, 5.74) is 5.35. The van der Waals surface area contributed by atoms with Gasteiger partial charge in [0.05, 0.1) is 0 Å². The van der Waals surface area contributed by atoms with Crippen LogP contribution in [-0.2, 0) is 0 Å². The van der Waals surface area contributed by atoms with Gasteiger partial charge in [0.1, 0.15) is 5.82 Å². The second-order valence-corrected chi connectivity index (χ2v) is 3.74. The number of rotatable bonds is 5. The summed E-state index contributed by atoms with van der Waals surface area (Å²) in [5, 5.41) is 0.209. The molecule has 0 spiro atoms. The SMILES string of the molecule is CSc1nc(N)cc(OCC(F)(F)C(F)F)n1. The maximum absolute atomic E-state index is 12.6. The van der Waals surface area contributed by atoms with E-state index in [1.807, 2.05) is 0 Å². The van der Waals surface area contributed by atoms with Crippen LogP contribution in [0.5, 0.6) is 5.88 Å². The maximum Gasteiger partial charge on any atom is 0.340 e. The lowest BCUT2D eigenvalue weighted by Crippen LogP contribution is -2.33. The van der Waals surface area contributed by atoms with Crippen molar-refractivity contribution in [2.75, 3.05) is 18.6 Å². The molecule has 0 atom stereocenters. The van der Waals surface area contributed by atoms with Gasteiger partial charge in [-0.25, -0.2) is 13.8 Å². The molecule has 1 rings (SSSR count). The zero-order valence-electron chi connectivity index (χ0n) is 8.66. The summed E-state index contributed by atoms with van der Waals surface area (Å²) in [7, 11) is 0. The van der Waals surface area contributed by atoms with E-state index in [1.54, 1.807) is 6.26 Å². The monoisotopic (exact) mass is 271 g/mol. The van der Waals surface area contributed by atoms with Crippen molar-refractivity contribution in [3.8, 4) is 5.88 Å². The van der Waals surface area contributed by atoms with E-state index in [0.717, 1.165) is 17.8 Å². The van der Waals surface area contributed by atoms with Crippen LogP contribution < -0.4 is 10.5 Å². The normalized spacial score (nSPS) is 11.9. The van der Waals surface area contributed by atoms with E-state index in [2.05, 4.69) is 14.7 Å². The number of nitrogens with two attached hydrogens (primary N) is 1. The van der Waals surface area contributed by atoms with Gasteiger partial charge in [-0.2, -0.15) is 13.8 Å². The Bertz CT molecular complexity index is 391. The topological polar surface area (TPSA) is 61.0 Å². The van der Waals surface area contributed by atoms with Crippen LogP contribution in [0.25, 0.3) is 0 Å². The number of thioether (sulfide) groups is 1. The largest absolute Gasteiger partial charge is 0.471 e. The zero-order valence-corrected chi connectivity index (χ0v) is 9.48. The minimum absolute atomic E-state index is 0.0136. The summed E-state index contributed by atoms with van der Waals surface area (Å²) in [6.07, 6.45) is -2.14. The van der Waals surface area contributed by atoms with Gasteiger partial charge in [0.25, 0.3) is 0 Å². The predicted octanol–water partition coefficient (Wildman–Crippen LogP) is 2.06. The van der Waals surface area contributed by atoms with E-state index in [-0.39, 0.29) is 16.9 Å². The van der Waals surface area contributed by atoms with Crippen molar-refractivity contribution in [3.63, 3.8) is 0 Å². The third-order valence-electron chi connectivity index (χ3n) is 1.62. The molecule has 9 heteroatoms. The second kappa shape index (κ2) is 5.39. The van der Waals surface area contributed by atoms with Gasteiger partial charge in [0, 0.05) is 6.07 Å². The van der Waals surface area contributed by atoms with Crippen LogP contribution in [0.4, 0.5) is 23.4 Å². The van der Waals surface area contributed by atoms with Crippen LogP contribution in [0.15, 0.2) is 11.2 Å². The van der Waals surface area contributed by atoms with Gasteiger partial charge in [-0.1, -0.05) is 11.8 Å². The van der Waals surface area contributed by atoms with Crippen LogP contribution in [0.1, 0.15) is 0 Å². The molecule has 0 aliphatic rings. The van der Waals surface area contributed by atoms with Gasteiger partial charge in [0.15, 0.2) is 11.8 Å². The second-order valence-electron chi connectivity index (χ2n) is 2.97. The van der Waals surface area contributed by atoms with Crippen molar-refractivity contribution in [3.05, 3.63) is 6.07 Å². The Balaban J connectivity index is 2.72. The summed E-state index contributed by atoms with van der Waals surface area (Å²) in [4.78, 5) is 7.43. The standard InChI is InChI=1S/C8H9F4N3OS/c1-17-7-14-4(13)2-5(15-7)16-3-8(11,12)6(9)10/h2,6H,3H2,1H3,(H2,13,14,15). The smallest absolute Gasteiger partial charge is 0.340 e. The first kappa shape index (κ1) is 13.8. The zero-order chi connectivity index (χ0) is 13.1. The number of anilines is 1. The fourth-order valence-corrected chi connectivity index (χ4v) is 1.20. The Morgan fingerprint density at radius 3 is 2.65 bits per heavy atom. The van der Waals surface area contributed by atoms with E-state index in [0.29, 0.717) is 0 Å². The highest BCUT2D eigenvalue weighted by Gasteiger charge is 2.41. The molecule has 96 valence electrons. The van der Waals surface area contributed by atoms with Crippen LogP contribution in [0.2, 0.25) is 0 Å². The average molecular weight is 271 g/mol. The molecule has 0 aromatic carbocycles. The predicted molar refractivity (Wildman–Crippen MR) is 54.7 cm³/mol. The fraction of sp³-hybridized carbons (Fsp3) is 0.500. The lowest BCUT2D eigenvalue weighted by Gasteiger charge is -2.15. The molecular formula is C8H9F4N3OS. The van der Waals surface area contributed by atoms with Crippen molar-refractivity contribution in [2.24, 2.45) is 0 Å². The molecule has 1 aromatic heterocycles. The quantitative estimate of drug-likeness (QED) is 0.504. The van der Waals surface area contributed by atoms with Gasteiger partial charge < -0.3 is 10.5 Å². The number of alkyl halides is 4. The van der Waals surface area contributed by atoms with Crippen LogP contribution in [0.3, 0.4) is 0 Å². The van der Waals surface area contributed by atoms with Crippen molar-refractivity contribution in [2.45, 2.75) is 17.5 Å². The van der Waals surface area contributed by atoms with E-state index < -0.39 is 19.0 Å². The highest BCUT2D eigenvalue weighted by Crippen LogP contribution is 2.24. The molecule has 1 aromatic rings. The average Bonchev–Trinajstić information content (AvgIpc) is 2.25. The Kier molecular flexibility index (Phi) is 4.38. The van der Waals surface area contributed by atoms with E-state index in [1.165, 1.54) is 0 Å². The molecular weight excluding hydrogens is 262 g/mol. The molecule has 0 unspecified atom stereocenters. The molecule has 0 aliphatic heterocycles. The highest BCUT2D eigenvalue weighted by molar-refractivity contribution is 7.98. The number of hydrogen-bond acceptors (Lipinski definition) is 5. The minimum atomic E-state index is -4.22. The molecule has 0 saturated heterocycles. The maximum atomic E-state index is 12.6. The van der Waals surface area contributed by atoms with Gasteiger partial charge in [-0.05, 0) is 6.26 Å². The lowest BCUT2D eigenvalue weighted by atomic mass is 10.4. The number of hydrogen-bond donors (Lipinski definition) is 1. The van der Waals surface area contributed by atoms with E-state index in [4.69, 9.17) is 5.73 Å². The summed E-state index contributed by atoms with van der Waals surface area (Å²) in [5.74, 6) is -4.47. The molecule has 4 nitrogen and oxygen atoms in total. The van der Waals surface area contributed by atoms with Crippen molar-refractivity contribution in [1.82, 2.24) is 9.97 Å². The molecule has 1 heterocycles. The first-order chi connectivity index (χ1) is 7.85. The molecule has 0 fully saturated rings. The lowest BCUT2D eigenvalue weighted by molar-refractivity contribution is -0.148. The Morgan fingerprint density at radius 1 is 1.47 bits per heavy atom. The van der Waals surface area contributed by atoms with Crippen LogP contribution >= 0.6 is 11.8 Å². The van der Waals surface area contributed by atoms with Crippen molar-refractivity contribution >= 4 is 17.6 Å². The Labute approximate surface area is 98.6 Å². The first-order valence-electron chi connectivity index (χ1n) is 4.32. The van der Waals surface area contributed by atoms with Crippen LogP contribution in [-0.4, -0.2) is 35.2 Å². The summed E-state index contributed by atoms with van der Waals surface area (Å²) < 4.78 is 53.3. The van der Waals surface area contributed by atoms with Gasteiger partial charge in [-0.15, -0.1) is 0 Å². The molecule has 0 amide bonds. The molecule has 17 heavy (non-hydrogen) atoms. The van der Waals surface area contributed by atoms with Crippen LogP contribution in [0, 0.1) is 0 Å². The molecule has 0 bridgehead atoms. The first-order valence-corrected chi connectivity index (χ1v) is 5.55. The van der Waals surface area contributed by atoms with Crippen molar-refractivity contribution < 1.29 is 22.3 Å². The summed E-state index contributed by atoms with van der Waals surface area (Å²) >= 11 is 1.12. The van der Waals surface area contributed by atoms with Gasteiger partial charge in [0.2, 0.25) is 5.88 Å². The molecule has 0 saturated carbocycles. The third-order valence-corrected chi connectivity index (χ3v) is 2.16. The number of ether oxygens (including phenoxy) is 1. The van der Waals surface area contributed by atoms with E-state index in [9.17, 15) is 17.6 Å². The van der Waals surface area contributed by atoms with Gasteiger partial charge in [-0.3, -0.25) is 0 Å². The number of aromatic nitrogens is 2. The molecule has 0 radical (unpaired) electrons. The minimum Gasteiger partial charge on any atom is -0.471 e. The summed E-state index contributed by atoms with van der Waals surface area (Å²) in [6, 6.07) is 1.08. The highest BCUT2D eigenvalue weighted by atomic mass is 32.2. The molecule has 0 aliphatic carbocycles. The van der Waals surface area contributed by atoms with E-state index >= 15 is 0 Å². The van der Waals surface area contributed by atoms with Gasteiger partial charge >= 0.3 is 12.3 Å². The summed E-state index contributed by atoms with van der Waals surface area (Å²) in [6.45, 7) is -1.46. The number of nitrogen functional groups attached to an aromatic ring is 1. The number of halogens is 4.